The highest BCUT2D eigenvalue weighted by Gasteiger charge is 2.30. The van der Waals surface area contributed by atoms with Crippen LogP contribution < -0.4 is 16.2 Å². The van der Waals surface area contributed by atoms with Gasteiger partial charge >= 0.3 is 6.18 Å². The predicted molar refractivity (Wildman–Crippen MR) is 138 cm³/mol. The number of nitrogens with zero attached hydrogens (tertiary/aromatic N) is 5. The van der Waals surface area contributed by atoms with Gasteiger partial charge in [0.25, 0.3) is 5.56 Å². The van der Waals surface area contributed by atoms with E-state index in [4.69, 9.17) is 10.7 Å². The first kappa shape index (κ1) is 24.8. The smallest absolute Gasteiger partial charge is 0.341 e. The van der Waals surface area contributed by atoms with Crippen LogP contribution in [0.3, 0.4) is 0 Å². The molecule has 0 radical (unpaired) electrons. The van der Waals surface area contributed by atoms with Gasteiger partial charge in [0, 0.05) is 26.2 Å². The van der Waals surface area contributed by atoms with Crippen molar-refractivity contribution in [3.63, 3.8) is 0 Å². The second kappa shape index (κ2) is 9.85. The number of hydrogen-bond acceptors (Lipinski definition) is 5. The molecule has 0 amide bonds. The fourth-order valence-electron chi connectivity index (χ4n) is 4.65. The van der Waals surface area contributed by atoms with E-state index in [9.17, 15) is 18.0 Å². The first-order chi connectivity index (χ1) is 17.7. The Kier molecular flexibility index (Phi) is 6.59. The summed E-state index contributed by atoms with van der Waals surface area (Å²) in [6.45, 7) is 1.84. The first-order valence-corrected chi connectivity index (χ1v) is 12.1. The Hall–Kier alpha value is -3.92. The predicted octanol–water partition coefficient (Wildman–Crippen LogP) is 4.30. The lowest BCUT2D eigenvalue weighted by Crippen LogP contribution is -2.44. The van der Waals surface area contributed by atoms with Crippen molar-refractivity contribution in [2.75, 3.05) is 18.0 Å². The summed E-state index contributed by atoms with van der Waals surface area (Å²) in [7, 11) is 1.59. The highest BCUT2D eigenvalue weighted by Crippen LogP contribution is 2.30. The van der Waals surface area contributed by atoms with Gasteiger partial charge < -0.3 is 10.6 Å². The molecule has 4 aromatic rings. The van der Waals surface area contributed by atoms with Crippen molar-refractivity contribution in [3.05, 3.63) is 87.5 Å². The van der Waals surface area contributed by atoms with E-state index >= 15 is 0 Å². The summed E-state index contributed by atoms with van der Waals surface area (Å²) in [6.07, 6.45) is 0.455. The van der Waals surface area contributed by atoms with E-state index in [-0.39, 0.29) is 17.2 Å². The zero-order chi connectivity index (χ0) is 26.2. The van der Waals surface area contributed by atoms with Crippen molar-refractivity contribution in [2.24, 2.45) is 12.8 Å². The third kappa shape index (κ3) is 5.15. The zero-order valence-electron chi connectivity index (χ0n) is 20.3. The molecule has 10 heteroatoms. The van der Waals surface area contributed by atoms with Crippen molar-refractivity contribution < 1.29 is 13.2 Å². The van der Waals surface area contributed by atoms with E-state index in [1.54, 1.807) is 13.1 Å². The first-order valence-electron chi connectivity index (χ1n) is 12.1. The number of benzene rings is 2. The molecule has 1 aliphatic rings. The average Bonchev–Trinajstić information content (AvgIpc) is 3.23. The maximum Gasteiger partial charge on any atom is 0.416 e. The molecular weight excluding hydrogens is 481 g/mol. The van der Waals surface area contributed by atoms with Crippen LogP contribution in [0.5, 0.6) is 0 Å². The van der Waals surface area contributed by atoms with E-state index in [0.29, 0.717) is 35.9 Å². The lowest BCUT2D eigenvalue weighted by molar-refractivity contribution is -0.137. The van der Waals surface area contributed by atoms with Crippen molar-refractivity contribution in [3.8, 4) is 0 Å². The maximum absolute atomic E-state index is 13.6. The number of anilines is 1. The molecule has 0 saturated carbocycles. The second-order valence-corrected chi connectivity index (χ2v) is 9.29. The molecule has 2 N–H and O–H groups in total. The van der Waals surface area contributed by atoms with Crippen LogP contribution in [-0.4, -0.2) is 38.2 Å². The topological polar surface area (TPSA) is 82.0 Å². The number of rotatable bonds is 5. The molecule has 1 atom stereocenters. The maximum atomic E-state index is 13.6. The molecule has 7 nitrogen and oxygen atoms in total. The van der Waals surface area contributed by atoms with Crippen LogP contribution in [0, 0.1) is 0 Å². The molecule has 1 fully saturated rings. The Morgan fingerprint density at radius 2 is 1.86 bits per heavy atom. The van der Waals surface area contributed by atoms with E-state index in [2.05, 4.69) is 9.88 Å². The number of alkyl halides is 3. The van der Waals surface area contributed by atoms with E-state index < -0.39 is 11.7 Å². The third-order valence-electron chi connectivity index (χ3n) is 6.56. The number of hydrogen-bond donors (Lipinski definition) is 1. The summed E-state index contributed by atoms with van der Waals surface area (Å²) < 4.78 is 42.6. The molecule has 3 heterocycles. The van der Waals surface area contributed by atoms with Crippen LogP contribution in [-0.2, 0) is 19.8 Å². The minimum absolute atomic E-state index is 0.0143. The molecule has 192 valence electrons. The minimum Gasteiger partial charge on any atom is -0.341 e. The second-order valence-electron chi connectivity index (χ2n) is 9.29. The van der Waals surface area contributed by atoms with Crippen LogP contribution in [0.2, 0.25) is 0 Å². The van der Waals surface area contributed by atoms with Crippen molar-refractivity contribution in [1.29, 1.82) is 0 Å². The number of fused-ring (bicyclic) bond motifs is 1. The van der Waals surface area contributed by atoms with Crippen LogP contribution in [0.25, 0.3) is 23.3 Å². The molecule has 0 spiro atoms. The van der Waals surface area contributed by atoms with Gasteiger partial charge in [-0.3, -0.25) is 13.9 Å². The summed E-state index contributed by atoms with van der Waals surface area (Å²) in [5.74, 6) is 0.929. The van der Waals surface area contributed by atoms with Crippen molar-refractivity contribution in [1.82, 2.24) is 19.1 Å². The number of piperidine rings is 1. The average molecular weight is 509 g/mol. The summed E-state index contributed by atoms with van der Waals surface area (Å²) in [6, 6.07) is 14.8. The summed E-state index contributed by atoms with van der Waals surface area (Å²) in [4.78, 5) is 25.0. The van der Waals surface area contributed by atoms with Gasteiger partial charge in [-0.15, -0.1) is 0 Å². The Morgan fingerprint density at radius 1 is 1.08 bits per heavy atom. The quantitative estimate of drug-likeness (QED) is 0.435. The number of halogens is 3. The Morgan fingerprint density at radius 3 is 2.59 bits per heavy atom. The largest absolute Gasteiger partial charge is 0.416 e. The molecule has 37 heavy (non-hydrogen) atoms. The van der Waals surface area contributed by atoms with E-state index in [1.165, 1.54) is 22.8 Å². The van der Waals surface area contributed by atoms with Gasteiger partial charge in [0.2, 0.25) is 5.95 Å². The molecule has 2 aromatic heterocycles. The third-order valence-corrected chi connectivity index (χ3v) is 6.56. The zero-order valence-corrected chi connectivity index (χ0v) is 20.3. The highest BCUT2D eigenvalue weighted by atomic mass is 19.4. The van der Waals surface area contributed by atoms with Gasteiger partial charge in [0.15, 0.2) is 11.2 Å². The SMILES string of the molecule is Cn1c(/C=C/c2cccc(C(F)(F)F)c2)nc2nc(N3CCCC(N)C3)n(Cc3ccccc3)c2c1=O. The van der Waals surface area contributed by atoms with Crippen LogP contribution in [0.1, 0.15) is 35.4 Å². The summed E-state index contributed by atoms with van der Waals surface area (Å²) in [5, 5.41) is 0. The number of imidazole rings is 1. The van der Waals surface area contributed by atoms with Gasteiger partial charge in [-0.05, 0) is 42.2 Å². The minimum atomic E-state index is -4.44. The van der Waals surface area contributed by atoms with Gasteiger partial charge in [0.05, 0.1) is 12.1 Å². The molecule has 0 aliphatic carbocycles. The molecule has 2 aromatic carbocycles. The molecular formula is C27H27F3N6O. The molecule has 0 bridgehead atoms. The highest BCUT2D eigenvalue weighted by molar-refractivity contribution is 5.77. The van der Waals surface area contributed by atoms with Crippen molar-refractivity contribution in [2.45, 2.75) is 31.6 Å². The lowest BCUT2D eigenvalue weighted by atomic mass is 10.1. The molecule has 1 saturated heterocycles. The normalized spacial score (nSPS) is 16.7. The lowest BCUT2D eigenvalue weighted by Gasteiger charge is -2.31. The van der Waals surface area contributed by atoms with Gasteiger partial charge in [0.1, 0.15) is 5.82 Å². The standard InChI is InChI=1S/C27H27F3N6O/c1-34-22(13-12-18-9-5-10-20(15-18)27(28,29)30)32-24-23(25(34)37)36(16-19-7-3-2-4-8-19)26(33-24)35-14-6-11-21(31)17-35/h2-5,7-10,12-13,15,21H,6,11,14,16-17,31H2,1H3/b13-12+. The number of aromatic nitrogens is 4. The Bertz CT molecular complexity index is 1510. The van der Waals surface area contributed by atoms with Gasteiger partial charge in [-0.2, -0.15) is 18.2 Å². The summed E-state index contributed by atoms with van der Waals surface area (Å²) in [5.41, 5.74) is 7.23. The van der Waals surface area contributed by atoms with Crippen molar-refractivity contribution >= 4 is 29.3 Å². The molecule has 5 rings (SSSR count). The van der Waals surface area contributed by atoms with Crippen LogP contribution in [0.4, 0.5) is 19.1 Å². The number of nitrogens with two attached hydrogens (primary N) is 1. The van der Waals surface area contributed by atoms with E-state index in [1.807, 2.05) is 34.9 Å². The Labute approximate surface area is 211 Å². The van der Waals surface area contributed by atoms with E-state index in [0.717, 1.165) is 37.1 Å². The van der Waals surface area contributed by atoms with Crippen LogP contribution in [0.15, 0.2) is 59.4 Å². The van der Waals surface area contributed by atoms with Crippen LogP contribution >= 0.6 is 0 Å². The Balaban J connectivity index is 1.59. The summed E-state index contributed by atoms with van der Waals surface area (Å²) >= 11 is 0. The molecule has 1 aliphatic heterocycles. The van der Waals surface area contributed by atoms with Gasteiger partial charge in [-0.25, -0.2) is 4.98 Å². The molecule has 1 unspecified atom stereocenters. The van der Waals surface area contributed by atoms with Gasteiger partial charge in [-0.1, -0.05) is 48.5 Å². The fraction of sp³-hybridized carbons (Fsp3) is 0.296. The fourth-order valence-corrected chi connectivity index (χ4v) is 4.65. The monoisotopic (exact) mass is 508 g/mol.